The third kappa shape index (κ3) is 2.74. The molecule has 0 heterocycles. The number of carbonyl (C=O) groups excluding carboxylic acids is 1. The van der Waals surface area contributed by atoms with Crippen LogP contribution in [0.1, 0.15) is 26.7 Å². The molecular weight excluding hydrogens is 248 g/mol. The molecule has 0 aliphatic heterocycles. The van der Waals surface area contributed by atoms with Crippen LogP contribution in [-0.2, 0) is 4.79 Å². The molecule has 2 atom stereocenters. The molecule has 0 bridgehead atoms. The highest BCUT2D eigenvalue weighted by Gasteiger charge is 2.41. The van der Waals surface area contributed by atoms with Crippen molar-refractivity contribution in [3.63, 3.8) is 0 Å². The van der Waals surface area contributed by atoms with E-state index < -0.39 is 8.07 Å². The Morgan fingerprint density at radius 3 is 2.42 bits per heavy atom. The van der Waals surface area contributed by atoms with E-state index in [0.717, 1.165) is 12.0 Å². The summed E-state index contributed by atoms with van der Waals surface area (Å²) in [4.78, 5) is 12.3. The van der Waals surface area contributed by atoms with E-state index in [1.807, 2.05) is 6.92 Å². The van der Waals surface area contributed by atoms with Crippen LogP contribution in [0.3, 0.4) is 0 Å². The van der Waals surface area contributed by atoms with Crippen molar-refractivity contribution in [2.45, 2.75) is 45.3 Å². The molecule has 0 radical (unpaired) electrons. The van der Waals surface area contributed by atoms with Gasteiger partial charge in [-0.2, -0.15) is 0 Å². The summed E-state index contributed by atoms with van der Waals surface area (Å²) in [5.41, 5.74) is 1.56. The molecule has 2 rings (SSSR count). The Hall–Kier alpha value is -1.15. The summed E-state index contributed by atoms with van der Waals surface area (Å²) in [5, 5.41) is 1.46. The predicted octanol–water partition coefficient (Wildman–Crippen LogP) is 3.92. The van der Waals surface area contributed by atoms with Crippen molar-refractivity contribution in [3.8, 4) is 0 Å². The molecule has 0 amide bonds. The zero-order valence-electron chi connectivity index (χ0n) is 12.4. The molecule has 1 aliphatic rings. The van der Waals surface area contributed by atoms with Crippen LogP contribution >= 0.6 is 0 Å². The quantitative estimate of drug-likeness (QED) is 0.589. The second-order valence-electron chi connectivity index (χ2n) is 6.35. The van der Waals surface area contributed by atoms with E-state index in [2.05, 4.69) is 56.4 Å². The minimum atomic E-state index is -1.64. The molecule has 1 aliphatic carbocycles. The molecule has 1 nitrogen and oxygen atoms in total. The van der Waals surface area contributed by atoms with Gasteiger partial charge in [-0.05, 0) is 30.4 Å². The summed E-state index contributed by atoms with van der Waals surface area (Å²) in [6, 6.07) is 10.8. The third-order valence-electron chi connectivity index (χ3n) is 4.57. The maximum Gasteiger partial charge on any atom is 0.158 e. The lowest BCUT2D eigenvalue weighted by molar-refractivity contribution is -0.117. The summed E-state index contributed by atoms with van der Waals surface area (Å²) in [6.07, 6.45) is 3.96. The number of hydrogen-bond acceptors (Lipinski definition) is 1. The topological polar surface area (TPSA) is 17.1 Å². The van der Waals surface area contributed by atoms with E-state index in [1.54, 1.807) is 0 Å². The fourth-order valence-corrected chi connectivity index (χ4v) is 6.91. The van der Waals surface area contributed by atoms with Crippen LogP contribution in [0.25, 0.3) is 0 Å². The van der Waals surface area contributed by atoms with Crippen molar-refractivity contribution in [2.24, 2.45) is 5.92 Å². The van der Waals surface area contributed by atoms with Gasteiger partial charge in [-0.1, -0.05) is 61.6 Å². The van der Waals surface area contributed by atoms with Crippen LogP contribution in [0.15, 0.2) is 42.0 Å². The lowest BCUT2D eigenvalue weighted by Crippen LogP contribution is -2.49. The average molecular weight is 272 g/mol. The highest BCUT2D eigenvalue weighted by molar-refractivity contribution is 6.91. The first-order valence-electron chi connectivity index (χ1n) is 7.21. The summed E-state index contributed by atoms with van der Waals surface area (Å²) < 4.78 is 0. The van der Waals surface area contributed by atoms with Crippen LogP contribution in [0, 0.1) is 5.92 Å². The first kappa shape index (κ1) is 14.3. The van der Waals surface area contributed by atoms with Crippen molar-refractivity contribution in [1.29, 1.82) is 0 Å². The fourth-order valence-electron chi connectivity index (χ4n) is 3.36. The molecule has 0 aromatic heterocycles. The Morgan fingerprint density at radius 2 is 1.84 bits per heavy atom. The average Bonchev–Trinajstić information content (AvgIpc) is 2.39. The smallest absolute Gasteiger partial charge is 0.158 e. The van der Waals surface area contributed by atoms with Gasteiger partial charge < -0.3 is 0 Å². The van der Waals surface area contributed by atoms with Gasteiger partial charge in [0.2, 0.25) is 0 Å². The van der Waals surface area contributed by atoms with E-state index in [-0.39, 0.29) is 0 Å². The fraction of sp³-hybridized carbons (Fsp3) is 0.471. The number of ketones is 1. The first-order chi connectivity index (χ1) is 8.96. The Balaban J connectivity index is 2.40. The maximum absolute atomic E-state index is 12.3. The van der Waals surface area contributed by atoms with Gasteiger partial charge in [0.15, 0.2) is 5.78 Å². The van der Waals surface area contributed by atoms with Gasteiger partial charge in [0, 0.05) is 6.42 Å². The van der Waals surface area contributed by atoms with E-state index in [9.17, 15) is 4.79 Å². The molecule has 102 valence electrons. The number of Topliss-reactive ketones (excluding diaryl/α,β-unsaturated/α-hetero) is 1. The molecule has 0 spiro atoms. The highest BCUT2D eigenvalue weighted by Crippen LogP contribution is 2.41. The third-order valence-corrected chi connectivity index (χ3v) is 8.68. The number of rotatable bonds is 2. The Kier molecular flexibility index (Phi) is 4.09. The Bertz CT molecular complexity index is 487. The van der Waals surface area contributed by atoms with Gasteiger partial charge in [-0.25, -0.2) is 0 Å². The van der Waals surface area contributed by atoms with Crippen molar-refractivity contribution >= 4 is 19.0 Å². The van der Waals surface area contributed by atoms with E-state index in [0.29, 0.717) is 17.2 Å². The zero-order valence-corrected chi connectivity index (χ0v) is 13.4. The van der Waals surface area contributed by atoms with Crippen molar-refractivity contribution in [3.05, 3.63) is 42.0 Å². The number of benzene rings is 1. The zero-order chi connectivity index (χ0) is 14.0. The second-order valence-corrected chi connectivity index (χ2v) is 11.1. The van der Waals surface area contributed by atoms with Crippen LogP contribution in [0.4, 0.5) is 0 Å². The molecule has 1 saturated carbocycles. The van der Waals surface area contributed by atoms with Crippen LogP contribution in [0.2, 0.25) is 18.6 Å². The predicted molar refractivity (Wildman–Crippen MR) is 84.5 cm³/mol. The summed E-state index contributed by atoms with van der Waals surface area (Å²) in [5.74, 6) is 0.902. The van der Waals surface area contributed by atoms with Gasteiger partial charge >= 0.3 is 0 Å². The summed E-state index contributed by atoms with van der Waals surface area (Å²) in [6.45, 7) is 9.04. The lowest BCUT2D eigenvalue weighted by atomic mass is 9.85. The SMILES string of the molecule is C/C=C1/C(=O)C[C@H](C)C[C@H]1[Si](C)(C)c1ccccc1. The molecular formula is C17H24OSi. The largest absolute Gasteiger partial charge is 0.295 e. The van der Waals surface area contributed by atoms with Gasteiger partial charge in [0.1, 0.15) is 0 Å². The van der Waals surface area contributed by atoms with Gasteiger partial charge in [0.05, 0.1) is 8.07 Å². The van der Waals surface area contributed by atoms with E-state index in [1.165, 1.54) is 11.6 Å². The molecule has 0 N–H and O–H groups in total. The number of carbonyl (C=O) groups is 1. The van der Waals surface area contributed by atoms with Crippen LogP contribution < -0.4 is 5.19 Å². The van der Waals surface area contributed by atoms with Crippen LogP contribution in [-0.4, -0.2) is 13.9 Å². The van der Waals surface area contributed by atoms with Crippen LogP contribution in [0.5, 0.6) is 0 Å². The standard InChI is InChI=1S/C17H24OSi/c1-5-15-16(18)11-13(2)12-17(15)19(3,4)14-9-7-6-8-10-14/h5-10,13,17H,11-12H2,1-4H3/b15-5-/t13-,17+/m0/s1. The maximum atomic E-state index is 12.3. The molecule has 1 aromatic carbocycles. The van der Waals surface area contributed by atoms with E-state index in [4.69, 9.17) is 0 Å². The van der Waals surface area contributed by atoms with Crippen molar-refractivity contribution in [2.75, 3.05) is 0 Å². The molecule has 1 fully saturated rings. The van der Waals surface area contributed by atoms with Gasteiger partial charge in [-0.3, -0.25) is 4.79 Å². The minimum absolute atomic E-state index is 0.378. The molecule has 0 unspecified atom stereocenters. The number of hydrogen-bond donors (Lipinski definition) is 0. The number of allylic oxidation sites excluding steroid dienone is 2. The normalized spacial score (nSPS) is 26.7. The second kappa shape index (κ2) is 5.46. The summed E-state index contributed by atoms with van der Waals surface area (Å²) >= 11 is 0. The lowest BCUT2D eigenvalue weighted by Gasteiger charge is -2.39. The van der Waals surface area contributed by atoms with E-state index >= 15 is 0 Å². The van der Waals surface area contributed by atoms with Crippen molar-refractivity contribution < 1.29 is 4.79 Å². The molecule has 2 heteroatoms. The molecule has 0 saturated heterocycles. The first-order valence-corrected chi connectivity index (χ1v) is 10.3. The Labute approximate surface area is 117 Å². The minimum Gasteiger partial charge on any atom is -0.295 e. The Morgan fingerprint density at radius 1 is 1.21 bits per heavy atom. The summed E-state index contributed by atoms with van der Waals surface area (Å²) in [7, 11) is -1.64. The van der Waals surface area contributed by atoms with Gasteiger partial charge in [0.25, 0.3) is 0 Å². The van der Waals surface area contributed by atoms with Crippen molar-refractivity contribution in [1.82, 2.24) is 0 Å². The van der Waals surface area contributed by atoms with Gasteiger partial charge in [-0.15, -0.1) is 0 Å². The monoisotopic (exact) mass is 272 g/mol. The molecule has 1 aromatic rings. The molecule has 19 heavy (non-hydrogen) atoms. The highest BCUT2D eigenvalue weighted by atomic mass is 28.3.